The van der Waals surface area contributed by atoms with Crippen LogP contribution in [-0.4, -0.2) is 25.3 Å². The van der Waals surface area contributed by atoms with E-state index in [2.05, 4.69) is 0 Å². The minimum atomic E-state index is -3.58. The first kappa shape index (κ1) is 16.4. The van der Waals surface area contributed by atoms with Crippen molar-refractivity contribution in [2.75, 3.05) is 6.54 Å². The molecule has 0 spiro atoms. The van der Waals surface area contributed by atoms with Crippen molar-refractivity contribution < 1.29 is 12.8 Å². The summed E-state index contributed by atoms with van der Waals surface area (Å²) in [6.07, 6.45) is 4.67. The Kier molecular flexibility index (Phi) is 5.35. The molecule has 0 saturated carbocycles. The molecule has 1 aliphatic heterocycles. The molecule has 2 N–H and O–H groups in total. The Labute approximate surface area is 126 Å². The van der Waals surface area contributed by atoms with Gasteiger partial charge in [0.15, 0.2) is 0 Å². The summed E-state index contributed by atoms with van der Waals surface area (Å²) in [6, 6.07) is 3.92. The van der Waals surface area contributed by atoms with E-state index in [1.807, 2.05) is 6.92 Å². The maximum Gasteiger partial charge on any atom is 0.243 e. The number of rotatable bonds is 4. The van der Waals surface area contributed by atoms with Crippen LogP contribution in [0.25, 0.3) is 0 Å². The number of hydrogen-bond donors (Lipinski definition) is 1. The molecule has 1 fully saturated rings. The van der Waals surface area contributed by atoms with Crippen LogP contribution < -0.4 is 5.73 Å². The first-order valence-electron chi connectivity index (χ1n) is 7.51. The molecular weight excluding hydrogens is 291 g/mol. The van der Waals surface area contributed by atoms with Crippen molar-refractivity contribution in [3.63, 3.8) is 0 Å². The summed E-state index contributed by atoms with van der Waals surface area (Å²) in [5.41, 5.74) is 5.71. The number of sulfonamides is 1. The maximum atomic E-state index is 13.5. The van der Waals surface area contributed by atoms with Crippen molar-refractivity contribution in [2.45, 2.75) is 56.5 Å². The molecule has 4 nitrogen and oxygen atoms in total. The number of nitrogens with zero attached hydrogens (tertiary/aromatic N) is 1. The number of halogens is 1. The van der Waals surface area contributed by atoms with Gasteiger partial charge < -0.3 is 5.73 Å². The summed E-state index contributed by atoms with van der Waals surface area (Å²) in [5, 5.41) is 0. The number of nitrogens with two attached hydrogens (primary N) is 1. The normalized spacial score (nSPS) is 21.2. The summed E-state index contributed by atoms with van der Waals surface area (Å²) in [5.74, 6) is -0.459. The van der Waals surface area contributed by atoms with Crippen molar-refractivity contribution in [3.05, 3.63) is 29.6 Å². The van der Waals surface area contributed by atoms with Gasteiger partial charge in [0.1, 0.15) is 5.82 Å². The molecule has 0 radical (unpaired) electrons. The van der Waals surface area contributed by atoms with E-state index in [0.717, 1.165) is 32.1 Å². The minimum absolute atomic E-state index is 0.00754. The van der Waals surface area contributed by atoms with Crippen molar-refractivity contribution in [3.8, 4) is 0 Å². The summed E-state index contributed by atoms with van der Waals surface area (Å²) < 4.78 is 40.8. The first-order chi connectivity index (χ1) is 10.0. The highest BCUT2D eigenvalue weighted by Crippen LogP contribution is 2.27. The molecular formula is C15H23FN2O2S. The largest absolute Gasteiger partial charge is 0.326 e. The third-order valence-corrected chi connectivity index (χ3v) is 6.09. The molecule has 0 bridgehead atoms. The monoisotopic (exact) mass is 314 g/mol. The van der Waals surface area contributed by atoms with Crippen LogP contribution in [0, 0.1) is 5.82 Å². The lowest BCUT2D eigenvalue weighted by atomic mass is 10.1. The second kappa shape index (κ2) is 6.85. The Morgan fingerprint density at radius 2 is 2.10 bits per heavy atom. The predicted molar refractivity (Wildman–Crippen MR) is 80.7 cm³/mol. The Morgan fingerprint density at radius 3 is 2.76 bits per heavy atom. The maximum absolute atomic E-state index is 13.5. The van der Waals surface area contributed by atoms with E-state index in [9.17, 15) is 12.8 Å². The van der Waals surface area contributed by atoms with Crippen LogP contribution in [0.5, 0.6) is 0 Å². The van der Waals surface area contributed by atoms with E-state index in [1.165, 1.54) is 18.2 Å². The highest BCUT2D eigenvalue weighted by Gasteiger charge is 2.31. The quantitative estimate of drug-likeness (QED) is 0.929. The van der Waals surface area contributed by atoms with Gasteiger partial charge >= 0.3 is 0 Å². The van der Waals surface area contributed by atoms with Gasteiger partial charge in [0, 0.05) is 24.7 Å². The first-order valence-corrected chi connectivity index (χ1v) is 8.95. The highest BCUT2D eigenvalue weighted by molar-refractivity contribution is 7.89. The van der Waals surface area contributed by atoms with Gasteiger partial charge in [0.2, 0.25) is 10.0 Å². The fourth-order valence-electron chi connectivity index (χ4n) is 2.88. The summed E-state index contributed by atoms with van der Waals surface area (Å²) >= 11 is 0. The zero-order valence-electron chi connectivity index (χ0n) is 12.4. The molecule has 0 aliphatic carbocycles. The molecule has 6 heteroatoms. The van der Waals surface area contributed by atoms with Crippen LogP contribution >= 0.6 is 0 Å². The topological polar surface area (TPSA) is 63.4 Å². The molecule has 1 aromatic carbocycles. The summed E-state index contributed by atoms with van der Waals surface area (Å²) in [7, 11) is -3.58. The van der Waals surface area contributed by atoms with Gasteiger partial charge in [-0.3, -0.25) is 0 Å². The Bertz CT molecular complexity index is 589. The Hall–Kier alpha value is -0.980. The predicted octanol–water partition coefficient (Wildman–Crippen LogP) is 2.63. The zero-order valence-corrected chi connectivity index (χ0v) is 13.2. The van der Waals surface area contributed by atoms with Crippen LogP contribution in [0.15, 0.2) is 23.1 Å². The van der Waals surface area contributed by atoms with Crippen LogP contribution in [0.4, 0.5) is 4.39 Å². The molecule has 21 heavy (non-hydrogen) atoms. The van der Waals surface area contributed by atoms with Gasteiger partial charge in [0.05, 0.1) is 4.90 Å². The third kappa shape index (κ3) is 3.44. The van der Waals surface area contributed by atoms with Gasteiger partial charge in [-0.2, -0.15) is 4.31 Å². The van der Waals surface area contributed by atoms with Crippen LogP contribution in [0.3, 0.4) is 0 Å². The number of hydrogen-bond acceptors (Lipinski definition) is 3. The molecule has 0 amide bonds. The molecule has 0 aromatic heterocycles. The lowest BCUT2D eigenvalue weighted by Gasteiger charge is -2.28. The Balaban J connectivity index is 2.39. The molecule has 1 heterocycles. The highest BCUT2D eigenvalue weighted by atomic mass is 32.2. The van der Waals surface area contributed by atoms with E-state index in [0.29, 0.717) is 6.54 Å². The van der Waals surface area contributed by atoms with Crippen LogP contribution in [0.2, 0.25) is 0 Å². The molecule has 1 saturated heterocycles. The van der Waals surface area contributed by atoms with Crippen molar-refractivity contribution >= 4 is 10.0 Å². The lowest BCUT2D eigenvalue weighted by Crippen LogP contribution is -2.39. The zero-order chi connectivity index (χ0) is 15.5. The van der Waals surface area contributed by atoms with E-state index in [1.54, 1.807) is 4.31 Å². The summed E-state index contributed by atoms with van der Waals surface area (Å²) in [6.45, 7) is 2.54. The molecule has 1 unspecified atom stereocenters. The van der Waals surface area contributed by atoms with E-state index in [4.69, 9.17) is 5.73 Å². The van der Waals surface area contributed by atoms with Gasteiger partial charge in [-0.1, -0.05) is 19.8 Å². The molecule has 1 aliphatic rings. The van der Waals surface area contributed by atoms with E-state index in [-0.39, 0.29) is 23.0 Å². The number of benzene rings is 1. The molecule has 1 atom stereocenters. The van der Waals surface area contributed by atoms with Crippen molar-refractivity contribution in [1.29, 1.82) is 0 Å². The SMILES string of the molecule is CCC1CCCCCN1S(=O)(=O)c1ccc(F)c(CN)c1. The Morgan fingerprint density at radius 1 is 1.33 bits per heavy atom. The fraction of sp³-hybridized carbons (Fsp3) is 0.600. The molecule has 118 valence electrons. The minimum Gasteiger partial charge on any atom is -0.326 e. The van der Waals surface area contributed by atoms with Crippen LogP contribution in [0.1, 0.15) is 44.6 Å². The average molecular weight is 314 g/mol. The van der Waals surface area contributed by atoms with Gasteiger partial charge in [-0.25, -0.2) is 12.8 Å². The van der Waals surface area contributed by atoms with Crippen molar-refractivity contribution in [2.24, 2.45) is 5.73 Å². The van der Waals surface area contributed by atoms with Gasteiger partial charge in [-0.05, 0) is 37.5 Å². The van der Waals surface area contributed by atoms with E-state index >= 15 is 0 Å². The third-order valence-electron chi connectivity index (χ3n) is 4.14. The molecule has 2 rings (SSSR count). The molecule has 1 aromatic rings. The lowest BCUT2D eigenvalue weighted by molar-refractivity contribution is 0.315. The van der Waals surface area contributed by atoms with Crippen LogP contribution in [-0.2, 0) is 16.6 Å². The fourth-order valence-corrected chi connectivity index (χ4v) is 4.70. The second-order valence-corrected chi connectivity index (χ2v) is 7.38. The second-order valence-electron chi connectivity index (χ2n) is 5.48. The summed E-state index contributed by atoms with van der Waals surface area (Å²) in [4.78, 5) is 0.143. The van der Waals surface area contributed by atoms with Crippen molar-refractivity contribution in [1.82, 2.24) is 4.31 Å². The van der Waals surface area contributed by atoms with Gasteiger partial charge in [0.25, 0.3) is 0 Å². The average Bonchev–Trinajstić information content (AvgIpc) is 2.73. The standard InChI is InChI=1S/C15H23FN2O2S/c1-2-13-6-4-3-5-9-18(13)21(19,20)14-7-8-15(16)12(10-14)11-17/h7-8,10,13H,2-6,9,11,17H2,1H3. The van der Waals surface area contributed by atoms with E-state index < -0.39 is 15.8 Å². The van der Waals surface area contributed by atoms with Gasteiger partial charge in [-0.15, -0.1) is 0 Å². The smallest absolute Gasteiger partial charge is 0.243 e.